The van der Waals surface area contributed by atoms with Crippen LogP contribution >= 0.6 is 23.1 Å². The molecule has 6 nitrogen and oxygen atoms in total. The van der Waals surface area contributed by atoms with E-state index in [-0.39, 0.29) is 11.6 Å². The fraction of sp³-hybridized carbons (Fsp3) is 0.176. The average molecular weight is 373 g/mol. The summed E-state index contributed by atoms with van der Waals surface area (Å²) in [6, 6.07) is 11.9. The zero-order valence-corrected chi connectivity index (χ0v) is 15.2. The molecular formula is C17H15N3O3S2. The second-order valence-electron chi connectivity index (χ2n) is 5.57. The van der Waals surface area contributed by atoms with Gasteiger partial charge in [-0.25, -0.2) is 4.98 Å². The largest absolute Gasteiger partial charge is 0.298 e. The first-order valence-electron chi connectivity index (χ1n) is 7.55. The van der Waals surface area contributed by atoms with Crippen LogP contribution in [0.1, 0.15) is 24.2 Å². The summed E-state index contributed by atoms with van der Waals surface area (Å²) in [6.45, 7) is 4.23. The van der Waals surface area contributed by atoms with Gasteiger partial charge < -0.3 is 0 Å². The molecule has 1 heterocycles. The molecule has 1 aromatic heterocycles. The van der Waals surface area contributed by atoms with Crippen LogP contribution in [0.25, 0.3) is 10.2 Å². The molecule has 0 unspecified atom stereocenters. The Morgan fingerprint density at radius 2 is 1.96 bits per heavy atom. The first-order valence-corrected chi connectivity index (χ1v) is 9.25. The van der Waals surface area contributed by atoms with E-state index in [4.69, 9.17) is 0 Å². The maximum absolute atomic E-state index is 12.3. The van der Waals surface area contributed by atoms with Crippen molar-refractivity contribution in [3.8, 4) is 0 Å². The molecule has 2 aromatic carbocycles. The van der Waals surface area contributed by atoms with Crippen LogP contribution in [0.2, 0.25) is 0 Å². The number of nitro benzene ring substituents is 1. The van der Waals surface area contributed by atoms with Crippen LogP contribution in [0, 0.1) is 10.1 Å². The van der Waals surface area contributed by atoms with E-state index in [2.05, 4.69) is 24.1 Å². The second-order valence-corrected chi connectivity index (χ2v) is 8.25. The van der Waals surface area contributed by atoms with Crippen molar-refractivity contribution >= 4 is 50.0 Å². The van der Waals surface area contributed by atoms with Crippen LogP contribution in [0.4, 0.5) is 10.8 Å². The molecule has 1 amide bonds. The highest BCUT2D eigenvalue weighted by Gasteiger charge is 2.13. The fourth-order valence-corrected chi connectivity index (χ4v) is 3.89. The van der Waals surface area contributed by atoms with Crippen LogP contribution in [0.15, 0.2) is 47.4 Å². The number of thioether (sulfide) groups is 1. The molecule has 0 radical (unpaired) electrons. The van der Waals surface area contributed by atoms with Gasteiger partial charge >= 0.3 is 0 Å². The smallest absolute Gasteiger partial charge is 0.271 e. The van der Waals surface area contributed by atoms with E-state index >= 15 is 0 Å². The lowest BCUT2D eigenvalue weighted by molar-refractivity contribution is -0.384. The number of hydrogen-bond donors (Lipinski definition) is 1. The Kier molecular flexibility index (Phi) is 5.00. The number of amides is 1. The summed E-state index contributed by atoms with van der Waals surface area (Å²) in [6.07, 6.45) is 0. The summed E-state index contributed by atoms with van der Waals surface area (Å²) in [7, 11) is 0. The number of fused-ring (bicyclic) bond motifs is 1. The van der Waals surface area contributed by atoms with Gasteiger partial charge in [-0.3, -0.25) is 20.2 Å². The number of non-ortho nitro benzene ring substituents is 1. The molecule has 3 aromatic rings. The van der Waals surface area contributed by atoms with Crippen molar-refractivity contribution in [2.75, 3.05) is 5.32 Å². The van der Waals surface area contributed by atoms with Crippen LogP contribution in [-0.4, -0.2) is 21.1 Å². The maximum Gasteiger partial charge on any atom is 0.271 e. The van der Waals surface area contributed by atoms with Gasteiger partial charge in [0.2, 0.25) is 0 Å². The number of hydrogen-bond acceptors (Lipinski definition) is 6. The van der Waals surface area contributed by atoms with Gasteiger partial charge in [0.25, 0.3) is 11.6 Å². The van der Waals surface area contributed by atoms with E-state index in [1.807, 2.05) is 12.1 Å². The number of aromatic nitrogens is 1. The van der Waals surface area contributed by atoms with Crippen LogP contribution in [0.3, 0.4) is 0 Å². The topological polar surface area (TPSA) is 85.1 Å². The first-order chi connectivity index (χ1) is 11.9. The Morgan fingerprint density at radius 1 is 1.24 bits per heavy atom. The Morgan fingerprint density at radius 3 is 2.60 bits per heavy atom. The van der Waals surface area contributed by atoms with Gasteiger partial charge in [0.15, 0.2) is 5.13 Å². The Balaban J connectivity index is 1.76. The summed E-state index contributed by atoms with van der Waals surface area (Å²) >= 11 is 3.01. The van der Waals surface area contributed by atoms with Crippen molar-refractivity contribution in [3.05, 3.63) is 58.1 Å². The molecule has 0 fully saturated rings. The van der Waals surface area contributed by atoms with Crippen LogP contribution < -0.4 is 5.32 Å². The molecule has 0 aliphatic carbocycles. The van der Waals surface area contributed by atoms with Gasteiger partial charge in [0.1, 0.15) is 0 Å². The molecule has 3 rings (SSSR count). The highest BCUT2D eigenvalue weighted by Crippen LogP contribution is 2.29. The standard InChI is InChI=1S/C17H15N3O3S2/c1-10(2)24-13-6-3-11(4-7-13)16(21)19-17-18-14-9-12(20(22)23)5-8-15(14)25-17/h3-10H,1-2H3,(H,18,19,21). The maximum atomic E-state index is 12.3. The summed E-state index contributed by atoms with van der Waals surface area (Å²) < 4.78 is 0.782. The average Bonchev–Trinajstić information content (AvgIpc) is 2.96. The summed E-state index contributed by atoms with van der Waals surface area (Å²) in [5, 5.41) is 14.5. The number of carbonyl (C=O) groups excluding carboxylic acids is 1. The van der Waals surface area contributed by atoms with E-state index in [9.17, 15) is 14.9 Å². The predicted molar refractivity (Wildman–Crippen MR) is 102 cm³/mol. The molecule has 0 saturated carbocycles. The number of rotatable bonds is 5. The third-order valence-electron chi connectivity index (χ3n) is 3.29. The molecule has 0 aliphatic heterocycles. The van der Waals surface area contributed by atoms with E-state index < -0.39 is 4.92 Å². The molecule has 1 N–H and O–H groups in total. The minimum atomic E-state index is -0.465. The number of nitrogens with one attached hydrogen (secondary N) is 1. The zero-order chi connectivity index (χ0) is 18.0. The van der Waals surface area contributed by atoms with Crippen molar-refractivity contribution in [2.45, 2.75) is 24.0 Å². The monoisotopic (exact) mass is 373 g/mol. The van der Waals surface area contributed by atoms with E-state index in [0.717, 1.165) is 9.60 Å². The third kappa shape index (κ3) is 4.15. The summed E-state index contributed by atoms with van der Waals surface area (Å²) in [5.74, 6) is -0.255. The van der Waals surface area contributed by atoms with Gasteiger partial charge in [0.05, 0.1) is 15.1 Å². The van der Waals surface area contributed by atoms with E-state index in [1.165, 1.54) is 23.5 Å². The highest BCUT2D eigenvalue weighted by molar-refractivity contribution is 7.99. The molecule has 8 heteroatoms. The molecule has 0 spiro atoms. The van der Waals surface area contributed by atoms with Gasteiger partial charge in [-0.05, 0) is 30.3 Å². The zero-order valence-electron chi connectivity index (χ0n) is 13.6. The number of benzene rings is 2. The Hall–Kier alpha value is -2.45. The number of nitrogens with zero attached hydrogens (tertiary/aromatic N) is 2. The number of carbonyl (C=O) groups is 1. The summed E-state index contributed by atoms with van der Waals surface area (Å²) in [4.78, 5) is 28.1. The van der Waals surface area contributed by atoms with Crippen molar-refractivity contribution in [1.82, 2.24) is 4.98 Å². The molecule has 0 aliphatic rings. The normalized spacial score (nSPS) is 11.0. The summed E-state index contributed by atoms with van der Waals surface area (Å²) in [5.41, 5.74) is 1.02. The van der Waals surface area contributed by atoms with E-state index in [0.29, 0.717) is 21.5 Å². The highest BCUT2D eigenvalue weighted by atomic mass is 32.2. The van der Waals surface area contributed by atoms with Crippen molar-refractivity contribution < 1.29 is 9.72 Å². The Labute approximate surface area is 152 Å². The lowest BCUT2D eigenvalue weighted by Gasteiger charge is -2.06. The SMILES string of the molecule is CC(C)Sc1ccc(C(=O)Nc2nc3cc([N+](=O)[O-])ccc3s2)cc1. The molecule has 0 saturated heterocycles. The van der Waals surface area contributed by atoms with Gasteiger partial charge in [-0.15, -0.1) is 11.8 Å². The lowest BCUT2D eigenvalue weighted by atomic mass is 10.2. The van der Waals surface area contributed by atoms with Gasteiger partial charge in [0, 0.05) is 27.8 Å². The molecule has 128 valence electrons. The minimum Gasteiger partial charge on any atom is -0.298 e. The number of anilines is 1. The van der Waals surface area contributed by atoms with Crippen molar-refractivity contribution in [3.63, 3.8) is 0 Å². The first kappa shape index (κ1) is 17.4. The Bertz CT molecular complexity index is 936. The fourth-order valence-electron chi connectivity index (χ4n) is 2.21. The lowest BCUT2D eigenvalue weighted by Crippen LogP contribution is -2.11. The van der Waals surface area contributed by atoms with Crippen LogP contribution in [-0.2, 0) is 0 Å². The molecular weight excluding hydrogens is 358 g/mol. The van der Waals surface area contributed by atoms with Crippen molar-refractivity contribution in [2.24, 2.45) is 0 Å². The van der Waals surface area contributed by atoms with Crippen molar-refractivity contribution in [1.29, 1.82) is 0 Å². The molecule has 0 bridgehead atoms. The van der Waals surface area contributed by atoms with Crippen LogP contribution in [0.5, 0.6) is 0 Å². The molecule has 0 atom stereocenters. The minimum absolute atomic E-state index is 0.0195. The van der Waals surface area contributed by atoms with Gasteiger partial charge in [-0.1, -0.05) is 25.2 Å². The predicted octanol–water partition coefficient (Wildman–Crippen LogP) is 4.96. The van der Waals surface area contributed by atoms with E-state index in [1.54, 1.807) is 30.0 Å². The number of nitro groups is 1. The quantitative estimate of drug-likeness (QED) is 0.388. The number of thiazole rings is 1. The van der Waals surface area contributed by atoms with Gasteiger partial charge in [-0.2, -0.15) is 0 Å². The molecule has 25 heavy (non-hydrogen) atoms. The third-order valence-corrected chi connectivity index (χ3v) is 5.26. The second kappa shape index (κ2) is 7.20.